The summed E-state index contributed by atoms with van der Waals surface area (Å²) in [5, 5.41) is 3.46. The molecular weight excluding hydrogens is 321 g/mol. The number of rotatable bonds is 5. The molecule has 2 aliphatic rings. The van der Waals surface area contributed by atoms with E-state index >= 15 is 0 Å². The average molecular weight is 344 g/mol. The number of hydrogen-bond acceptors (Lipinski definition) is 4. The second kappa shape index (κ2) is 7.61. The fourth-order valence-corrected chi connectivity index (χ4v) is 3.11. The van der Waals surface area contributed by atoms with Crippen LogP contribution in [0.25, 0.3) is 0 Å². The van der Waals surface area contributed by atoms with Crippen LogP contribution in [0.2, 0.25) is 0 Å². The Kier molecular flexibility index (Phi) is 5.50. The minimum Gasteiger partial charge on any atom is -0.486 e. The van der Waals surface area contributed by atoms with E-state index in [9.17, 15) is 13.2 Å². The Bertz CT molecular complexity index is 531. The topological polar surface area (TPSA) is 33.7 Å². The Labute approximate surface area is 139 Å². The lowest BCUT2D eigenvalue weighted by atomic mass is 10.0. The van der Waals surface area contributed by atoms with Gasteiger partial charge in [-0.2, -0.15) is 13.2 Å². The Hall–Kier alpha value is -1.47. The molecule has 1 aromatic carbocycles. The zero-order chi connectivity index (χ0) is 17.0. The number of halogens is 3. The molecule has 1 saturated heterocycles. The molecule has 4 nitrogen and oxygen atoms in total. The molecule has 0 unspecified atom stereocenters. The smallest absolute Gasteiger partial charge is 0.390 e. The number of ether oxygens (including phenoxy) is 2. The number of likely N-dealkylation sites (tertiary alicyclic amines) is 1. The molecule has 0 radical (unpaired) electrons. The fourth-order valence-electron chi connectivity index (χ4n) is 3.11. The second-order valence-corrected chi connectivity index (χ2v) is 6.39. The van der Waals surface area contributed by atoms with E-state index in [2.05, 4.69) is 5.32 Å². The summed E-state index contributed by atoms with van der Waals surface area (Å²) in [6.45, 7) is 2.71. The molecule has 7 heteroatoms. The lowest BCUT2D eigenvalue weighted by Gasteiger charge is -2.34. The monoisotopic (exact) mass is 344 g/mol. The zero-order valence-electron chi connectivity index (χ0n) is 13.5. The highest BCUT2D eigenvalue weighted by Crippen LogP contribution is 2.30. The Morgan fingerprint density at radius 3 is 2.54 bits per heavy atom. The molecule has 1 fully saturated rings. The molecule has 0 aliphatic carbocycles. The van der Waals surface area contributed by atoms with Gasteiger partial charge in [-0.3, -0.25) is 0 Å². The van der Waals surface area contributed by atoms with Gasteiger partial charge in [0.25, 0.3) is 0 Å². The molecular formula is C17H23F3N2O2. The molecule has 1 atom stereocenters. The Morgan fingerprint density at radius 2 is 1.83 bits per heavy atom. The maximum absolute atomic E-state index is 12.3. The summed E-state index contributed by atoms with van der Waals surface area (Å²) in [5.41, 5.74) is 0. The minimum atomic E-state index is -4.07. The SMILES string of the molecule is FC(F)(F)CCN1CCC(NC[C@@H]2COc3ccccc3O2)CC1. The maximum Gasteiger partial charge on any atom is 0.390 e. The van der Waals surface area contributed by atoms with Gasteiger partial charge in [-0.15, -0.1) is 0 Å². The van der Waals surface area contributed by atoms with Crippen LogP contribution in [-0.4, -0.2) is 56.0 Å². The lowest BCUT2D eigenvalue weighted by molar-refractivity contribution is -0.138. The van der Waals surface area contributed by atoms with E-state index in [0.717, 1.165) is 24.3 Å². The van der Waals surface area contributed by atoms with E-state index in [1.54, 1.807) is 0 Å². The largest absolute Gasteiger partial charge is 0.486 e. The van der Waals surface area contributed by atoms with Gasteiger partial charge in [-0.1, -0.05) is 12.1 Å². The molecule has 1 aromatic rings. The minimum absolute atomic E-state index is 0.0387. The predicted molar refractivity (Wildman–Crippen MR) is 84.5 cm³/mol. The Balaban J connectivity index is 1.36. The molecule has 0 spiro atoms. The average Bonchev–Trinajstić information content (AvgIpc) is 2.58. The van der Waals surface area contributed by atoms with Crippen molar-refractivity contribution in [1.29, 1.82) is 0 Å². The molecule has 134 valence electrons. The number of piperidine rings is 1. The van der Waals surface area contributed by atoms with Crippen molar-refractivity contribution in [3.63, 3.8) is 0 Å². The van der Waals surface area contributed by atoms with E-state index in [4.69, 9.17) is 9.47 Å². The van der Waals surface area contributed by atoms with Crippen LogP contribution in [0.4, 0.5) is 13.2 Å². The van der Waals surface area contributed by atoms with E-state index < -0.39 is 12.6 Å². The van der Waals surface area contributed by atoms with Crippen LogP contribution >= 0.6 is 0 Å². The first-order valence-corrected chi connectivity index (χ1v) is 8.40. The molecule has 24 heavy (non-hydrogen) atoms. The number of benzene rings is 1. The third-order valence-corrected chi connectivity index (χ3v) is 4.50. The highest BCUT2D eigenvalue weighted by atomic mass is 19.4. The van der Waals surface area contributed by atoms with Gasteiger partial charge in [0.1, 0.15) is 12.7 Å². The van der Waals surface area contributed by atoms with Gasteiger partial charge in [0.05, 0.1) is 6.42 Å². The molecule has 0 bridgehead atoms. The van der Waals surface area contributed by atoms with E-state index in [-0.39, 0.29) is 12.6 Å². The van der Waals surface area contributed by atoms with Gasteiger partial charge >= 0.3 is 6.18 Å². The summed E-state index contributed by atoms with van der Waals surface area (Å²) in [4.78, 5) is 1.89. The van der Waals surface area contributed by atoms with Crippen LogP contribution in [-0.2, 0) is 0 Å². The normalized spacial score (nSPS) is 22.5. The zero-order valence-corrected chi connectivity index (χ0v) is 13.5. The van der Waals surface area contributed by atoms with Crippen molar-refractivity contribution in [2.45, 2.75) is 37.6 Å². The first-order chi connectivity index (χ1) is 11.5. The summed E-state index contributed by atoms with van der Waals surface area (Å²) in [7, 11) is 0. The van der Waals surface area contributed by atoms with Crippen molar-refractivity contribution in [2.24, 2.45) is 0 Å². The van der Waals surface area contributed by atoms with Crippen LogP contribution in [0.1, 0.15) is 19.3 Å². The summed E-state index contributed by atoms with van der Waals surface area (Å²) in [5.74, 6) is 1.53. The van der Waals surface area contributed by atoms with Crippen molar-refractivity contribution < 1.29 is 22.6 Å². The molecule has 0 aromatic heterocycles. The maximum atomic E-state index is 12.3. The lowest BCUT2D eigenvalue weighted by Crippen LogP contribution is -2.47. The van der Waals surface area contributed by atoms with Crippen molar-refractivity contribution in [1.82, 2.24) is 10.2 Å². The van der Waals surface area contributed by atoms with Crippen molar-refractivity contribution in [3.8, 4) is 11.5 Å². The Morgan fingerprint density at radius 1 is 1.12 bits per heavy atom. The summed E-state index contributed by atoms with van der Waals surface area (Å²) < 4.78 is 48.3. The van der Waals surface area contributed by atoms with Gasteiger partial charge in [0.2, 0.25) is 0 Å². The molecule has 2 heterocycles. The number of nitrogens with one attached hydrogen (secondary N) is 1. The van der Waals surface area contributed by atoms with Crippen molar-refractivity contribution in [3.05, 3.63) is 24.3 Å². The molecule has 0 saturated carbocycles. The summed E-state index contributed by atoms with van der Waals surface area (Å²) in [6, 6.07) is 7.92. The van der Waals surface area contributed by atoms with Crippen molar-refractivity contribution in [2.75, 3.05) is 32.8 Å². The first-order valence-electron chi connectivity index (χ1n) is 8.40. The highest BCUT2D eigenvalue weighted by Gasteiger charge is 2.29. The molecule has 1 N–H and O–H groups in total. The second-order valence-electron chi connectivity index (χ2n) is 6.39. The van der Waals surface area contributed by atoms with Crippen LogP contribution in [0.15, 0.2) is 24.3 Å². The van der Waals surface area contributed by atoms with E-state index in [1.807, 2.05) is 29.2 Å². The fraction of sp³-hybridized carbons (Fsp3) is 0.647. The van der Waals surface area contributed by atoms with Crippen LogP contribution in [0.3, 0.4) is 0 Å². The molecule has 2 aliphatic heterocycles. The van der Waals surface area contributed by atoms with Gasteiger partial charge in [0, 0.05) is 19.1 Å². The van der Waals surface area contributed by atoms with Crippen LogP contribution in [0, 0.1) is 0 Å². The third kappa shape index (κ3) is 5.01. The quantitative estimate of drug-likeness (QED) is 0.891. The van der Waals surface area contributed by atoms with Crippen LogP contribution < -0.4 is 14.8 Å². The third-order valence-electron chi connectivity index (χ3n) is 4.50. The van der Waals surface area contributed by atoms with Gasteiger partial charge in [-0.05, 0) is 38.1 Å². The van der Waals surface area contributed by atoms with Gasteiger partial charge < -0.3 is 19.7 Å². The summed E-state index contributed by atoms with van der Waals surface area (Å²) in [6.07, 6.45) is -3.10. The van der Waals surface area contributed by atoms with Crippen LogP contribution in [0.5, 0.6) is 11.5 Å². The number of alkyl halides is 3. The van der Waals surface area contributed by atoms with E-state index in [1.165, 1.54) is 0 Å². The predicted octanol–water partition coefficient (Wildman–Crippen LogP) is 2.83. The number of hydrogen-bond donors (Lipinski definition) is 1. The van der Waals surface area contributed by atoms with Crippen molar-refractivity contribution >= 4 is 0 Å². The first kappa shape index (κ1) is 17.4. The van der Waals surface area contributed by atoms with Gasteiger partial charge in [0.15, 0.2) is 11.5 Å². The van der Waals surface area contributed by atoms with E-state index in [0.29, 0.717) is 32.3 Å². The number of fused-ring (bicyclic) bond motifs is 1. The molecule has 0 amide bonds. The number of para-hydroxylation sites is 2. The standard InChI is InChI=1S/C17H23F3N2O2/c18-17(19,20)7-10-22-8-5-13(6-9-22)21-11-14-12-23-15-3-1-2-4-16(15)24-14/h1-4,13-14,21H,5-12H2/t14-/m1/s1. The summed E-state index contributed by atoms with van der Waals surface area (Å²) >= 11 is 0. The van der Waals surface area contributed by atoms with Gasteiger partial charge in [-0.25, -0.2) is 0 Å². The highest BCUT2D eigenvalue weighted by molar-refractivity contribution is 5.40. The molecule has 3 rings (SSSR count). The number of nitrogens with zero attached hydrogens (tertiary/aromatic N) is 1.